The van der Waals surface area contributed by atoms with Crippen LogP contribution in [0.5, 0.6) is 0 Å². The van der Waals surface area contributed by atoms with Gasteiger partial charge in [-0.05, 0) is 61.2 Å². The molecule has 6 nitrogen and oxygen atoms in total. The first-order valence-electron chi connectivity index (χ1n) is 10.8. The zero-order valence-electron chi connectivity index (χ0n) is 17.9. The number of rotatable bonds is 5. The summed E-state index contributed by atoms with van der Waals surface area (Å²) in [7, 11) is 0. The monoisotopic (exact) mass is 455 g/mol. The van der Waals surface area contributed by atoms with Gasteiger partial charge < -0.3 is 10.6 Å². The molecule has 0 saturated heterocycles. The van der Waals surface area contributed by atoms with Crippen molar-refractivity contribution in [2.75, 3.05) is 29.9 Å². The molecule has 0 atom stereocenters. The van der Waals surface area contributed by atoms with E-state index < -0.39 is 11.7 Å². The van der Waals surface area contributed by atoms with E-state index in [2.05, 4.69) is 20.6 Å². The van der Waals surface area contributed by atoms with Gasteiger partial charge in [-0.1, -0.05) is 12.1 Å². The Balaban J connectivity index is 1.50. The predicted molar refractivity (Wildman–Crippen MR) is 121 cm³/mol. The highest BCUT2D eigenvalue weighted by atomic mass is 19.4. The van der Waals surface area contributed by atoms with Crippen LogP contribution in [0.1, 0.15) is 24.0 Å². The quantitative estimate of drug-likeness (QED) is 0.524. The van der Waals surface area contributed by atoms with Crippen LogP contribution in [-0.2, 0) is 12.6 Å². The molecule has 2 N–H and O–H groups in total. The lowest BCUT2D eigenvalue weighted by Crippen LogP contribution is -2.41. The fourth-order valence-electron chi connectivity index (χ4n) is 3.70. The normalized spacial score (nSPS) is 13.6. The molecule has 0 aliphatic carbocycles. The largest absolute Gasteiger partial charge is 0.416 e. The topological polar surface area (TPSA) is 70.2 Å². The Morgan fingerprint density at radius 1 is 1.12 bits per heavy atom. The minimum absolute atomic E-state index is 0.275. The summed E-state index contributed by atoms with van der Waals surface area (Å²) >= 11 is 0. The van der Waals surface area contributed by atoms with Gasteiger partial charge in [0.2, 0.25) is 0 Å². The Hall–Kier alpha value is -3.62. The molecule has 0 radical (unpaired) electrons. The molecule has 33 heavy (non-hydrogen) atoms. The van der Waals surface area contributed by atoms with Gasteiger partial charge in [0.25, 0.3) is 0 Å². The molecule has 2 aromatic heterocycles. The molecule has 0 fully saturated rings. The number of carbonyl (C=O) groups is 1. The van der Waals surface area contributed by atoms with Crippen LogP contribution < -0.4 is 15.5 Å². The summed E-state index contributed by atoms with van der Waals surface area (Å²) in [6.07, 6.45) is 1.35. The summed E-state index contributed by atoms with van der Waals surface area (Å²) in [6.45, 7) is 1.62. The number of nitrogens with one attached hydrogen (secondary N) is 2. The van der Waals surface area contributed by atoms with Crippen molar-refractivity contribution in [1.82, 2.24) is 15.3 Å². The lowest BCUT2D eigenvalue weighted by molar-refractivity contribution is -0.137. The highest BCUT2D eigenvalue weighted by Gasteiger charge is 2.30. The Morgan fingerprint density at radius 2 is 1.94 bits per heavy atom. The third kappa shape index (κ3) is 5.60. The van der Waals surface area contributed by atoms with Gasteiger partial charge in [-0.2, -0.15) is 13.2 Å². The standard InChI is InChI=1S/C24H24F3N5O/c25-24(26,27)19-6-1-5-18(16-19)20-7-8-21-22(31-20)32(15-3-12-29-21)23(33)30-11-2-4-17-9-13-28-14-10-17/h1,5-10,13-14,16,29H,2-4,11-12,15H2,(H,30,33). The average molecular weight is 455 g/mol. The maximum absolute atomic E-state index is 13.1. The van der Waals surface area contributed by atoms with Crippen molar-refractivity contribution in [3.63, 3.8) is 0 Å². The fourth-order valence-corrected chi connectivity index (χ4v) is 3.70. The van der Waals surface area contributed by atoms with Crippen molar-refractivity contribution in [3.05, 3.63) is 72.1 Å². The number of hydrogen-bond donors (Lipinski definition) is 2. The maximum atomic E-state index is 13.1. The number of carbonyl (C=O) groups excluding carboxylic acids is 1. The smallest absolute Gasteiger partial charge is 0.382 e. The molecular formula is C24H24F3N5O. The van der Waals surface area contributed by atoms with Crippen LogP contribution in [-0.4, -0.2) is 35.6 Å². The Kier molecular flexibility index (Phi) is 6.76. The Morgan fingerprint density at radius 3 is 2.73 bits per heavy atom. The van der Waals surface area contributed by atoms with Gasteiger partial charge in [0.15, 0.2) is 5.82 Å². The molecule has 0 spiro atoms. The molecule has 1 aliphatic heterocycles. The molecular weight excluding hydrogens is 431 g/mol. The van der Waals surface area contributed by atoms with Crippen molar-refractivity contribution < 1.29 is 18.0 Å². The Labute approximate surface area is 189 Å². The van der Waals surface area contributed by atoms with E-state index in [1.807, 2.05) is 12.1 Å². The van der Waals surface area contributed by atoms with Gasteiger partial charge in [-0.15, -0.1) is 0 Å². The SMILES string of the molecule is O=C(NCCCc1ccncc1)N1CCCNc2ccc(-c3cccc(C(F)(F)F)c3)nc21. The predicted octanol–water partition coefficient (Wildman–Crippen LogP) is 5.13. The van der Waals surface area contributed by atoms with E-state index in [0.717, 1.165) is 37.0 Å². The number of alkyl halides is 3. The number of halogens is 3. The van der Waals surface area contributed by atoms with Crippen LogP contribution in [0.15, 0.2) is 60.9 Å². The second kappa shape index (κ2) is 9.89. The van der Waals surface area contributed by atoms with Gasteiger partial charge in [0, 0.05) is 37.6 Å². The van der Waals surface area contributed by atoms with Crippen molar-refractivity contribution in [2.45, 2.75) is 25.4 Å². The maximum Gasteiger partial charge on any atom is 0.416 e. The van der Waals surface area contributed by atoms with Gasteiger partial charge in [-0.3, -0.25) is 9.88 Å². The summed E-state index contributed by atoms with van der Waals surface area (Å²) in [4.78, 5) is 23.1. The van der Waals surface area contributed by atoms with Crippen LogP contribution >= 0.6 is 0 Å². The number of pyridine rings is 2. The van der Waals surface area contributed by atoms with Gasteiger partial charge in [0.1, 0.15) is 0 Å². The van der Waals surface area contributed by atoms with E-state index in [-0.39, 0.29) is 6.03 Å². The van der Waals surface area contributed by atoms with E-state index >= 15 is 0 Å². The number of fused-ring (bicyclic) bond motifs is 1. The van der Waals surface area contributed by atoms with Crippen LogP contribution in [0.3, 0.4) is 0 Å². The second-order valence-electron chi connectivity index (χ2n) is 7.77. The molecule has 1 aliphatic rings. The number of urea groups is 1. The van der Waals surface area contributed by atoms with Gasteiger partial charge >= 0.3 is 12.2 Å². The summed E-state index contributed by atoms with van der Waals surface area (Å²) < 4.78 is 39.4. The molecule has 3 aromatic rings. The van der Waals surface area contributed by atoms with E-state index in [1.54, 1.807) is 35.5 Å². The molecule has 1 aromatic carbocycles. The Bertz CT molecular complexity index is 1100. The number of hydrogen-bond acceptors (Lipinski definition) is 4. The highest BCUT2D eigenvalue weighted by molar-refractivity contribution is 5.95. The van der Waals surface area contributed by atoms with Gasteiger partial charge in [0.05, 0.1) is 16.9 Å². The molecule has 2 amide bonds. The van der Waals surface area contributed by atoms with Crippen molar-refractivity contribution >= 4 is 17.5 Å². The van der Waals surface area contributed by atoms with Crippen LogP contribution in [0.2, 0.25) is 0 Å². The number of aromatic nitrogens is 2. The summed E-state index contributed by atoms with van der Waals surface area (Å²) in [5.41, 5.74) is 1.80. The molecule has 3 heterocycles. The first-order chi connectivity index (χ1) is 15.9. The third-order valence-corrected chi connectivity index (χ3v) is 5.40. The van der Waals surface area contributed by atoms with Crippen molar-refractivity contribution in [1.29, 1.82) is 0 Å². The van der Waals surface area contributed by atoms with E-state index in [4.69, 9.17) is 0 Å². The van der Waals surface area contributed by atoms with Crippen LogP contribution in [0.25, 0.3) is 11.3 Å². The van der Waals surface area contributed by atoms with E-state index in [1.165, 1.54) is 6.07 Å². The first kappa shape index (κ1) is 22.6. The lowest BCUT2D eigenvalue weighted by Gasteiger charge is -2.22. The minimum atomic E-state index is -4.44. The van der Waals surface area contributed by atoms with Gasteiger partial charge in [-0.25, -0.2) is 9.78 Å². The molecule has 172 valence electrons. The molecule has 4 rings (SSSR count). The fraction of sp³-hybridized carbons (Fsp3) is 0.292. The second-order valence-corrected chi connectivity index (χ2v) is 7.77. The first-order valence-corrected chi connectivity index (χ1v) is 10.8. The van der Waals surface area contributed by atoms with Crippen LogP contribution in [0.4, 0.5) is 29.5 Å². The van der Waals surface area contributed by atoms with E-state index in [9.17, 15) is 18.0 Å². The van der Waals surface area contributed by atoms with Crippen LogP contribution in [0, 0.1) is 0 Å². The summed E-state index contributed by atoms with van der Waals surface area (Å²) in [5, 5.41) is 6.18. The number of amides is 2. The highest BCUT2D eigenvalue weighted by Crippen LogP contribution is 2.34. The molecule has 0 unspecified atom stereocenters. The third-order valence-electron chi connectivity index (χ3n) is 5.40. The van der Waals surface area contributed by atoms with E-state index in [0.29, 0.717) is 42.4 Å². The lowest BCUT2D eigenvalue weighted by atomic mass is 10.1. The number of benzene rings is 1. The minimum Gasteiger partial charge on any atom is -0.382 e. The van der Waals surface area contributed by atoms with Crippen molar-refractivity contribution in [2.24, 2.45) is 0 Å². The van der Waals surface area contributed by atoms with Crippen molar-refractivity contribution in [3.8, 4) is 11.3 Å². The summed E-state index contributed by atoms with van der Waals surface area (Å²) in [6, 6.07) is 12.1. The summed E-state index contributed by atoms with van der Waals surface area (Å²) in [5.74, 6) is 0.411. The molecule has 0 bridgehead atoms. The average Bonchev–Trinajstić information content (AvgIpc) is 3.04. The number of aryl methyl sites for hydroxylation is 1. The zero-order valence-corrected chi connectivity index (χ0v) is 17.9. The molecule has 9 heteroatoms. The number of nitrogens with zero attached hydrogens (tertiary/aromatic N) is 3. The molecule has 0 saturated carbocycles. The zero-order chi connectivity index (χ0) is 23.3. The number of anilines is 2.